The number of nitrogens with zero attached hydrogens (tertiary/aromatic N) is 2. The molecular formula is C19H27IN4O. The molecule has 6 heteroatoms. The topological polar surface area (TPSA) is 58.5 Å². The highest BCUT2D eigenvalue weighted by atomic mass is 127. The first-order valence-electron chi connectivity index (χ1n) is 8.39. The number of para-hydroxylation sites is 1. The molecule has 2 N–H and O–H groups in total. The van der Waals surface area contributed by atoms with Gasteiger partial charge in [0.15, 0.2) is 5.96 Å². The predicted molar refractivity (Wildman–Crippen MR) is 114 cm³/mol. The van der Waals surface area contributed by atoms with E-state index in [1.54, 1.807) is 0 Å². The Morgan fingerprint density at radius 1 is 1.16 bits per heavy atom. The number of guanidine groups is 1. The quantitative estimate of drug-likeness (QED) is 0.279. The first-order valence-corrected chi connectivity index (χ1v) is 8.39. The number of halogens is 1. The number of benzene rings is 1. The van der Waals surface area contributed by atoms with Gasteiger partial charge in [-0.15, -0.1) is 24.0 Å². The summed E-state index contributed by atoms with van der Waals surface area (Å²) in [5.74, 6) is 1.70. The van der Waals surface area contributed by atoms with Crippen molar-refractivity contribution in [2.24, 2.45) is 4.99 Å². The number of nitrogens with one attached hydrogen (secondary N) is 2. The molecule has 2 aromatic rings. The zero-order valence-electron chi connectivity index (χ0n) is 14.9. The van der Waals surface area contributed by atoms with Gasteiger partial charge in [-0.05, 0) is 49.6 Å². The van der Waals surface area contributed by atoms with Crippen molar-refractivity contribution in [1.29, 1.82) is 0 Å². The van der Waals surface area contributed by atoms with Crippen molar-refractivity contribution in [2.75, 3.05) is 26.2 Å². The molecule has 0 fully saturated rings. The molecule has 1 aromatic carbocycles. The van der Waals surface area contributed by atoms with Crippen LogP contribution in [-0.4, -0.2) is 37.2 Å². The first kappa shape index (κ1) is 21.2. The van der Waals surface area contributed by atoms with Crippen LogP contribution in [0.1, 0.15) is 18.1 Å². The third-order valence-electron chi connectivity index (χ3n) is 3.54. The summed E-state index contributed by atoms with van der Waals surface area (Å²) in [6.45, 7) is 7.01. The number of aryl methyl sites for hydroxylation is 1. The van der Waals surface area contributed by atoms with E-state index in [2.05, 4.69) is 40.5 Å². The molecule has 0 spiro atoms. The zero-order valence-corrected chi connectivity index (χ0v) is 17.2. The summed E-state index contributed by atoms with van der Waals surface area (Å²) in [4.78, 5) is 8.73. The molecule has 0 atom stereocenters. The third kappa shape index (κ3) is 8.20. The maximum Gasteiger partial charge on any atom is 0.191 e. The second-order valence-electron chi connectivity index (χ2n) is 5.40. The molecule has 136 valence electrons. The highest BCUT2D eigenvalue weighted by molar-refractivity contribution is 14.0. The number of hydrogen-bond donors (Lipinski definition) is 2. The number of ether oxygens (including phenoxy) is 1. The minimum atomic E-state index is 0. The number of aliphatic imine (C=N–C) groups is 1. The van der Waals surface area contributed by atoms with Crippen molar-refractivity contribution in [3.8, 4) is 5.75 Å². The summed E-state index contributed by atoms with van der Waals surface area (Å²) in [6.07, 6.45) is 4.63. The molecule has 2 rings (SSSR count). The van der Waals surface area contributed by atoms with Gasteiger partial charge in [-0.25, -0.2) is 0 Å². The fraction of sp³-hybridized carbons (Fsp3) is 0.368. The van der Waals surface area contributed by atoms with Crippen molar-refractivity contribution in [3.05, 3.63) is 59.9 Å². The lowest BCUT2D eigenvalue weighted by atomic mass is 10.1. The van der Waals surface area contributed by atoms with E-state index >= 15 is 0 Å². The minimum absolute atomic E-state index is 0. The Morgan fingerprint density at radius 3 is 2.68 bits per heavy atom. The number of aromatic nitrogens is 1. The SMILES string of the molecule is CCNC(=NCCc1ccncc1C)NCCOc1ccccc1.I. The number of rotatable bonds is 8. The van der Waals surface area contributed by atoms with Crippen LogP contribution in [0.25, 0.3) is 0 Å². The van der Waals surface area contributed by atoms with Gasteiger partial charge in [0.25, 0.3) is 0 Å². The Kier molecular flexibility index (Phi) is 10.6. The van der Waals surface area contributed by atoms with Crippen molar-refractivity contribution in [2.45, 2.75) is 20.3 Å². The van der Waals surface area contributed by atoms with E-state index in [9.17, 15) is 0 Å². The van der Waals surface area contributed by atoms with Crippen molar-refractivity contribution in [1.82, 2.24) is 15.6 Å². The van der Waals surface area contributed by atoms with Gasteiger partial charge >= 0.3 is 0 Å². The Balaban J connectivity index is 0.00000312. The molecule has 0 aliphatic rings. The Labute approximate surface area is 167 Å². The van der Waals surface area contributed by atoms with Gasteiger partial charge in [0.1, 0.15) is 12.4 Å². The van der Waals surface area contributed by atoms with Crippen LogP contribution in [0.5, 0.6) is 5.75 Å². The third-order valence-corrected chi connectivity index (χ3v) is 3.54. The molecule has 0 aliphatic heterocycles. The zero-order chi connectivity index (χ0) is 17.0. The Bertz CT molecular complexity index is 634. The van der Waals surface area contributed by atoms with E-state index in [-0.39, 0.29) is 24.0 Å². The van der Waals surface area contributed by atoms with Gasteiger partial charge in [-0.3, -0.25) is 9.98 Å². The standard InChI is InChI=1S/C19H26N4O.HI/c1-3-21-19(22-12-10-17-9-11-20-15-16(17)2)23-13-14-24-18-7-5-4-6-8-18;/h4-9,11,15H,3,10,12-14H2,1-2H3,(H2,21,22,23);1H. The molecule has 0 aliphatic carbocycles. The fourth-order valence-corrected chi connectivity index (χ4v) is 2.27. The number of pyridine rings is 1. The highest BCUT2D eigenvalue weighted by Crippen LogP contribution is 2.07. The molecule has 1 aromatic heterocycles. The van der Waals surface area contributed by atoms with Crippen LogP contribution in [-0.2, 0) is 6.42 Å². The van der Waals surface area contributed by atoms with Crippen LogP contribution < -0.4 is 15.4 Å². The van der Waals surface area contributed by atoms with Crippen LogP contribution >= 0.6 is 24.0 Å². The lowest BCUT2D eigenvalue weighted by molar-refractivity contribution is 0.322. The predicted octanol–water partition coefficient (Wildman–Crippen LogP) is 3.18. The van der Waals surface area contributed by atoms with Gasteiger partial charge in [-0.2, -0.15) is 0 Å². The maximum atomic E-state index is 5.67. The first-order chi connectivity index (χ1) is 11.8. The summed E-state index contributed by atoms with van der Waals surface area (Å²) in [5, 5.41) is 6.55. The highest BCUT2D eigenvalue weighted by Gasteiger charge is 2.00. The summed E-state index contributed by atoms with van der Waals surface area (Å²) in [6, 6.07) is 11.9. The molecule has 25 heavy (non-hydrogen) atoms. The normalized spacial score (nSPS) is 10.7. The summed E-state index contributed by atoms with van der Waals surface area (Å²) >= 11 is 0. The second-order valence-corrected chi connectivity index (χ2v) is 5.40. The molecule has 0 unspecified atom stereocenters. The van der Waals surface area contributed by atoms with Gasteiger partial charge in [-0.1, -0.05) is 18.2 Å². The Hall–Kier alpha value is -1.83. The van der Waals surface area contributed by atoms with Gasteiger partial charge in [0.2, 0.25) is 0 Å². The van der Waals surface area contributed by atoms with E-state index in [4.69, 9.17) is 4.74 Å². The van der Waals surface area contributed by atoms with E-state index in [0.717, 1.165) is 31.2 Å². The maximum absolute atomic E-state index is 5.67. The van der Waals surface area contributed by atoms with E-state index in [1.807, 2.05) is 42.7 Å². The average molecular weight is 454 g/mol. The molecule has 0 amide bonds. The fourth-order valence-electron chi connectivity index (χ4n) is 2.27. The largest absolute Gasteiger partial charge is 0.492 e. The molecule has 0 saturated heterocycles. The molecule has 1 heterocycles. The van der Waals surface area contributed by atoms with E-state index in [1.165, 1.54) is 11.1 Å². The monoisotopic (exact) mass is 454 g/mol. The van der Waals surface area contributed by atoms with Gasteiger partial charge < -0.3 is 15.4 Å². The van der Waals surface area contributed by atoms with Crippen molar-refractivity contribution in [3.63, 3.8) is 0 Å². The van der Waals surface area contributed by atoms with Crippen LogP contribution in [0.4, 0.5) is 0 Å². The van der Waals surface area contributed by atoms with E-state index < -0.39 is 0 Å². The minimum Gasteiger partial charge on any atom is -0.492 e. The van der Waals surface area contributed by atoms with Gasteiger partial charge in [0.05, 0.1) is 6.54 Å². The lowest BCUT2D eigenvalue weighted by Crippen LogP contribution is -2.39. The summed E-state index contributed by atoms with van der Waals surface area (Å²) < 4.78 is 5.67. The van der Waals surface area contributed by atoms with Crippen LogP contribution in [0.3, 0.4) is 0 Å². The lowest BCUT2D eigenvalue weighted by Gasteiger charge is -2.12. The van der Waals surface area contributed by atoms with Crippen molar-refractivity contribution >= 4 is 29.9 Å². The van der Waals surface area contributed by atoms with Crippen LogP contribution in [0.15, 0.2) is 53.8 Å². The average Bonchev–Trinajstić information content (AvgIpc) is 2.61. The molecular weight excluding hydrogens is 427 g/mol. The van der Waals surface area contributed by atoms with Crippen molar-refractivity contribution < 1.29 is 4.74 Å². The molecule has 0 bridgehead atoms. The van der Waals surface area contributed by atoms with Gasteiger partial charge in [0, 0.05) is 25.5 Å². The smallest absolute Gasteiger partial charge is 0.191 e. The van der Waals surface area contributed by atoms with Crippen LogP contribution in [0, 0.1) is 6.92 Å². The second kappa shape index (κ2) is 12.5. The molecule has 5 nitrogen and oxygen atoms in total. The summed E-state index contributed by atoms with van der Waals surface area (Å²) in [7, 11) is 0. The molecule has 0 radical (unpaired) electrons. The number of hydrogen-bond acceptors (Lipinski definition) is 3. The summed E-state index contributed by atoms with van der Waals surface area (Å²) in [5.41, 5.74) is 2.50. The Morgan fingerprint density at radius 2 is 1.96 bits per heavy atom. The van der Waals surface area contributed by atoms with Crippen LogP contribution in [0.2, 0.25) is 0 Å². The van der Waals surface area contributed by atoms with E-state index in [0.29, 0.717) is 13.2 Å². The molecule has 0 saturated carbocycles.